The number of amides is 1. The fraction of sp³-hybridized carbons (Fsp3) is 0.316. The lowest BCUT2D eigenvalue weighted by Gasteiger charge is -2.26. The van der Waals surface area contributed by atoms with Crippen molar-refractivity contribution in [3.8, 4) is 0 Å². The molecule has 0 fully saturated rings. The standard InChI is InChI=1S/C19H22N2O/c1-13-7-9-15(10-8-13)14(2)12-20-18-11-16-5-3-4-6-17(16)21-19(18)22/h3-10,14,18,20H,11-12H2,1-2H3,(H,21,22). The van der Waals surface area contributed by atoms with Crippen LogP contribution in [0.3, 0.4) is 0 Å². The Hall–Kier alpha value is -2.13. The highest BCUT2D eigenvalue weighted by atomic mass is 16.2. The zero-order valence-electron chi connectivity index (χ0n) is 13.1. The van der Waals surface area contributed by atoms with Gasteiger partial charge in [0.15, 0.2) is 0 Å². The number of hydrogen-bond acceptors (Lipinski definition) is 2. The Morgan fingerprint density at radius 3 is 2.68 bits per heavy atom. The van der Waals surface area contributed by atoms with Gasteiger partial charge >= 0.3 is 0 Å². The summed E-state index contributed by atoms with van der Waals surface area (Å²) in [4.78, 5) is 12.2. The molecule has 2 N–H and O–H groups in total. The second kappa shape index (κ2) is 6.32. The molecule has 0 saturated heterocycles. The molecular weight excluding hydrogens is 272 g/mol. The summed E-state index contributed by atoms with van der Waals surface area (Å²) in [5.41, 5.74) is 4.71. The van der Waals surface area contributed by atoms with Crippen molar-refractivity contribution in [2.75, 3.05) is 11.9 Å². The molecule has 0 radical (unpaired) electrons. The van der Waals surface area contributed by atoms with Crippen LogP contribution in [0.5, 0.6) is 0 Å². The molecule has 1 aliphatic heterocycles. The highest BCUT2D eigenvalue weighted by Gasteiger charge is 2.25. The maximum absolute atomic E-state index is 12.2. The first kappa shape index (κ1) is 14.8. The Morgan fingerprint density at radius 1 is 1.18 bits per heavy atom. The second-order valence-electron chi connectivity index (χ2n) is 6.12. The summed E-state index contributed by atoms with van der Waals surface area (Å²) in [6.45, 7) is 5.08. The minimum absolute atomic E-state index is 0.0646. The Balaban J connectivity index is 1.62. The lowest BCUT2D eigenvalue weighted by molar-refractivity contribution is -0.118. The Kier molecular flexibility index (Phi) is 4.25. The third-order valence-electron chi connectivity index (χ3n) is 4.33. The van der Waals surface area contributed by atoms with E-state index >= 15 is 0 Å². The molecule has 0 aliphatic carbocycles. The molecule has 1 heterocycles. The van der Waals surface area contributed by atoms with Crippen LogP contribution in [0.4, 0.5) is 5.69 Å². The Morgan fingerprint density at radius 2 is 1.91 bits per heavy atom. The number of carbonyl (C=O) groups is 1. The fourth-order valence-corrected chi connectivity index (χ4v) is 2.85. The van der Waals surface area contributed by atoms with Gasteiger partial charge in [-0.3, -0.25) is 4.79 Å². The van der Waals surface area contributed by atoms with Crippen LogP contribution in [0.15, 0.2) is 48.5 Å². The molecule has 0 bridgehead atoms. The van der Waals surface area contributed by atoms with E-state index in [1.54, 1.807) is 0 Å². The molecule has 1 amide bonds. The van der Waals surface area contributed by atoms with Crippen molar-refractivity contribution in [2.45, 2.75) is 32.2 Å². The van der Waals surface area contributed by atoms with Gasteiger partial charge in [-0.15, -0.1) is 0 Å². The van der Waals surface area contributed by atoms with Gasteiger partial charge in [0.25, 0.3) is 0 Å². The maximum Gasteiger partial charge on any atom is 0.241 e. The average molecular weight is 294 g/mol. The second-order valence-corrected chi connectivity index (χ2v) is 6.12. The van der Waals surface area contributed by atoms with Crippen LogP contribution in [0.25, 0.3) is 0 Å². The summed E-state index contributed by atoms with van der Waals surface area (Å²) in [7, 11) is 0. The summed E-state index contributed by atoms with van der Waals surface area (Å²) < 4.78 is 0. The Bertz CT molecular complexity index is 663. The monoisotopic (exact) mass is 294 g/mol. The number of fused-ring (bicyclic) bond motifs is 1. The molecule has 1 aliphatic rings. The van der Waals surface area contributed by atoms with Gasteiger partial charge < -0.3 is 10.6 Å². The quantitative estimate of drug-likeness (QED) is 0.909. The van der Waals surface area contributed by atoms with Gasteiger partial charge in [-0.1, -0.05) is 55.0 Å². The largest absolute Gasteiger partial charge is 0.324 e. The van der Waals surface area contributed by atoms with E-state index in [2.05, 4.69) is 54.8 Å². The molecule has 0 aromatic heterocycles. The maximum atomic E-state index is 12.2. The minimum Gasteiger partial charge on any atom is -0.324 e. The Labute approximate surface area is 131 Å². The van der Waals surface area contributed by atoms with Gasteiger partial charge in [0.1, 0.15) is 0 Å². The van der Waals surface area contributed by atoms with E-state index in [4.69, 9.17) is 0 Å². The van der Waals surface area contributed by atoms with Crippen LogP contribution in [0, 0.1) is 6.92 Å². The van der Waals surface area contributed by atoms with Crippen LogP contribution in [0.1, 0.15) is 29.5 Å². The number of hydrogen-bond donors (Lipinski definition) is 2. The first-order valence-corrected chi connectivity index (χ1v) is 7.82. The number of carbonyl (C=O) groups excluding carboxylic acids is 1. The first-order valence-electron chi connectivity index (χ1n) is 7.82. The summed E-state index contributed by atoms with van der Waals surface area (Å²) in [5, 5.41) is 6.39. The van der Waals surface area contributed by atoms with Gasteiger partial charge in [-0.05, 0) is 36.5 Å². The number of nitrogens with one attached hydrogen (secondary N) is 2. The topological polar surface area (TPSA) is 41.1 Å². The molecule has 3 rings (SSSR count). The van der Waals surface area contributed by atoms with E-state index in [1.807, 2.05) is 18.2 Å². The van der Waals surface area contributed by atoms with Crippen molar-refractivity contribution < 1.29 is 4.79 Å². The number of para-hydroxylation sites is 1. The van der Waals surface area contributed by atoms with Gasteiger partial charge in [-0.2, -0.15) is 0 Å². The molecule has 0 spiro atoms. The molecule has 2 unspecified atom stereocenters. The predicted octanol–water partition coefficient (Wildman–Crippen LogP) is 3.25. The van der Waals surface area contributed by atoms with E-state index in [0.29, 0.717) is 5.92 Å². The number of anilines is 1. The third-order valence-corrected chi connectivity index (χ3v) is 4.33. The molecule has 0 saturated carbocycles. The van der Waals surface area contributed by atoms with E-state index in [1.165, 1.54) is 16.7 Å². The zero-order chi connectivity index (χ0) is 15.5. The molecule has 3 nitrogen and oxygen atoms in total. The molecule has 114 valence electrons. The van der Waals surface area contributed by atoms with Gasteiger partial charge in [0.2, 0.25) is 5.91 Å². The smallest absolute Gasteiger partial charge is 0.241 e. The van der Waals surface area contributed by atoms with Crippen molar-refractivity contribution in [2.24, 2.45) is 0 Å². The van der Waals surface area contributed by atoms with E-state index in [9.17, 15) is 4.79 Å². The number of rotatable bonds is 4. The highest BCUT2D eigenvalue weighted by molar-refractivity contribution is 5.97. The third kappa shape index (κ3) is 3.20. The van der Waals surface area contributed by atoms with E-state index in [-0.39, 0.29) is 11.9 Å². The summed E-state index contributed by atoms with van der Waals surface area (Å²) in [6.07, 6.45) is 0.753. The number of benzene rings is 2. The fourth-order valence-electron chi connectivity index (χ4n) is 2.85. The van der Waals surface area contributed by atoms with Gasteiger partial charge in [0, 0.05) is 12.2 Å². The lowest BCUT2D eigenvalue weighted by atomic mass is 9.96. The van der Waals surface area contributed by atoms with E-state index < -0.39 is 0 Å². The van der Waals surface area contributed by atoms with Crippen LogP contribution in [0.2, 0.25) is 0 Å². The first-order chi connectivity index (χ1) is 10.6. The van der Waals surface area contributed by atoms with Crippen LogP contribution >= 0.6 is 0 Å². The van der Waals surface area contributed by atoms with Crippen LogP contribution in [-0.4, -0.2) is 18.5 Å². The van der Waals surface area contributed by atoms with E-state index in [0.717, 1.165) is 18.7 Å². The summed E-state index contributed by atoms with van der Waals surface area (Å²) >= 11 is 0. The molecule has 2 aromatic carbocycles. The van der Waals surface area contributed by atoms with Crippen LogP contribution < -0.4 is 10.6 Å². The summed E-state index contributed by atoms with van der Waals surface area (Å²) in [5.74, 6) is 0.445. The van der Waals surface area contributed by atoms with Crippen LogP contribution in [-0.2, 0) is 11.2 Å². The molecule has 2 aromatic rings. The zero-order valence-corrected chi connectivity index (χ0v) is 13.1. The van der Waals surface area contributed by atoms with Gasteiger partial charge in [-0.25, -0.2) is 0 Å². The van der Waals surface area contributed by atoms with Crippen molar-refractivity contribution in [3.05, 3.63) is 65.2 Å². The number of aryl methyl sites for hydroxylation is 1. The molecule has 22 heavy (non-hydrogen) atoms. The SMILES string of the molecule is Cc1ccc(C(C)CNC2Cc3ccccc3NC2=O)cc1. The van der Waals surface area contributed by atoms with Crippen molar-refractivity contribution in [1.82, 2.24) is 5.32 Å². The normalized spacial score (nSPS) is 18.5. The molecule has 2 atom stereocenters. The van der Waals surface area contributed by atoms with Crippen molar-refractivity contribution in [1.29, 1.82) is 0 Å². The van der Waals surface area contributed by atoms with Crippen molar-refractivity contribution >= 4 is 11.6 Å². The average Bonchev–Trinajstić information content (AvgIpc) is 2.53. The summed E-state index contributed by atoms with van der Waals surface area (Å²) in [6, 6.07) is 16.4. The molecule has 3 heteroatoms. The molecular formula is C19H22N2O. The minimum atomic E-state index is -0.150. The predicted molar refractivity (Wildman–Crippen MR) is 90.2 cm³/mol. The lowest BCUT2D eigenvalue weighted by Crippen LogP contribution is -2.46. The highest BCUT2D eigenvalue weighted by Crippen LogP contribution is 2.22. The van der Waals surface area contributed by atoms with Gasteiger partial charge in [0.05, 0.1) is 6.04 Å². The van der Waals surface area contributed by atoms with Crippen molar-refractivity contribution in [3.63, 3.8) is 0 Å².